The Morgan fingerprint density at radius 1 is 1.13 bits per heavy atom. The molecule has 0 bridgehead atoms. The van der Waals surface area contributed by atoms with Crippen molar-refractivity contribution in [2.75, 3.05) is 53.4 Å². The van der Waals surface area contributed by atoms with Crippen LogP contribution >= 0.6 is 0 Å². The molecular weight excluding hydrogens is 290 g/mol. The van der Waals surface area contributed by atoms with Crippen LogP contribution in [0.3, 0.4) is 0 Å². The fourth-order valence-electron chi connectivity index (χ4n) is 3.77. The third-order valence-corrected chi connectivity index (χ3v) is 5.41. The second-order valence-corrected chi connectivity index (χ2v) is 7.59. The Morgan fingerprint density at radius 3 is 2.35 bits per heavy atom. The third-order valence-electron chi connectivity index (χ3n) is 5.41. The first-order valence-corrected chi connectivity index (χ1v) is 9.37. The SMILES string of the molecule is CN1CCN(C[C@@H](O)CN(C)C(=O)CC2CCCCCC2)CC1. The largest absolute Gasteiger partial charge is 0.390 e. The van der Waals surface area contributed by atoms with Crippen molar-refractivity contribution in [3.05, 3.63) is 0 Å². The van der Waals surface area contributed by atoms with E-state index in [4.69, 9.17) is 0 Å². The predicted octanol–water partition coefficient (Wildman–Crippen LogP) is 1.41. The molecule has 1 saturated carbocycles. The van der Waals surface area contributed by atoms with Crippen LogP contribution in [0.5, 0.6) is 0 Å². The zero-order chi connectivity index (χ0) is 16.7. The molecule has 0 aromatic carbocycles. The average Bonchev–Trinajstić information content (AvgIpc) is 2.78. The Morgan fingerprint density at radius 2 is 1.74 bits per heavy atom. The van der Waals surface area contributed by atoms with Gasteiger partial charge in [-0.25, -0.2) is 0 Å². The van der Waals surface area contributed by atoms with E-state index in [1.54, 1.807) is 4.90 Å². The standard InChI is InChI=1S/C18H35N3O2/c1-19-9-11-21(12-10-19)15-17(22)14-20(2)18(23)13-16-7-5-3-4-6-8-16/h16-17,22H,3-15H2,1-2H3/t17-/m0/s1. The number of nitrogens with zero attached hydrogens (tertiary/aromatic N) is 3. The van der Waals surface area contributed by atoms with Gasteiger partial charge in [-0.1, -0.05) is 25.7 Å². The summed E-state index contributed by atoms with van der Waals surface area (Å²) in [5.74, 6) is 0.761. The molecule has 1 amide bonds. The minimum absolute atomic E-state index is 0.203. The van der Waals surface area contributed by atoms with E-state index in [1.807, 2.05) is 7.05 Å². The molecule has 0 aromatic rings. The minimum atomic E-state index is -0.443. The Kier molecular flexibility index (Phi) is 7.80. The summed E-state index contributed by atoms with van der Waals surface area (Å²) in [7, 11) is 3.97. The lowest BCUT2D eigenvalue weighted by Crippen LogP contribution is -2.49. The molecule has 5 nitrogen and oxygen atoms in total. The zero-order valence-corrected chi connectivity index (χ0v) is 15.0. The highest BCUT2D eigenvalue weighted by molar-refractivity contribution is 5.76. The molecule has 5 heteroatoms. The predicted molar refractivity (Wildman–Crippen MR) is 93.4 cm³/mol. The topological polar surface area (TPSA) is 47.0 Å². The van der Waals surface area contributed by atoms with Crippen LogP contribution in [0.25, 0.3) is 0 Å². The summed E-state index contributed by atoms with van der Waals surface area (Å²) in [5.41, 5.74) is 0. The number of aliphatic hydroxyl groups is 1. The molecular formula is C18H35N3O2. The van der Waals surface area contributed by atoms with E-state index in [0.29, 0.717) is 25.4 Å². The van der Waals surface area contributed by atoms with Crippen LogP contribution in [0, 0.1) is 5.92 Å². The number of rotatable bonds is 6. The van der Waals surface area contributed by atoms with Gasteiger partial charge in [0.2, 0.25) is 5.91 Å². The molecule has 1 heterocycles. The normalized spacial score (nSPS) is 23.4. The number of hydrogen-bond donors (Lipinski definition) is 1. The van der Waals surface area contributed by atoms with Gasteiger partial charge in [-0.2, -0.15) is 0 Å². The van der Waals surface area contributed by atoms with Crippen molar-refractivity contribution >= 4 is 5.91 Å². The summed E-state index contributed by atoms with van der Waals surface area (Å²) in [6.45, 7) is 5.26. The average molecular weight is 325 g/mol. The molecule has 1 aliphatic carbocycles. The van der Waals surface area contributed by atoms with Gasteiger partial charge in [0.25, 0.3) is 0 Å². The highest BCUT2D eigenvalue weighted by Gasteiger charge is 2.22. The summed E-state index contributed by atoms with van der Waals surface area (Å²) in [5, 5.41) is 10.3. The van der Waals surface area contributed by atoms with Crippen LogP contribution in [0.1, 0.15) is 44.9 Å². The highest BCUT2D eigenvalue weighted by atomic mass is 16.3. The quantitative estimate of drug-likeness (QED) is 0.750. The molecule has 1 N–H and O–H groups in total. The molecule has 1 aliphatic heterocycles. The van der Waals surface area contributed by atoms with Gasteiger partial charge < -0.3 is 14.9 Å². The van der Waals surface area contributed by atoms with E-state index >= 15 is 0 Å². The maximum Gasteiger partial charge on any atom is 0.222 e. The van der Waals surface area contributed by atoms with Gasteiger partial charge in [-0.15, -0.1) is 0 Å². The van der Waals surface area contributed by atoms with Gasteiger partial charge in [0.15, 0.2) is 0 Å². The fraction of sp³-hybridized carbons (Fsp3) is 0.944. The van der Waals surface area contributed by atoms with Crippen LogP contribution in [0.15, 0.2) is 0 Å². The number of carbonyl (C=O) groups excluding carboxylic acids is 1. The lowest BCUT2D eigenvalue weighted by molar-refractivity contribution is -0.132. The molecule has 0 unspecified atom stereocenters. The van der Waals surface area contributed by atoms with Gasteiger partial charge in [-0.3, -0.25) is 9.69 Å². The first-order valence-electron chi connectivity index (χ1n) is 9.37. The summed E-state index contributed by atoms with van der Waals surface area (Å²) in [6.07, 6.45) is 7.81. The van der Waals surface area contributed by atoms with Crippen LogP contribution in [-0.4, -0.2) is 85.2 Å². The van der Waals surface area contributed by atoms with E-state index in [9.17, 15) is 9.90 Å². The van der Waals surface area contributed by atoms with Gasteiger partial charge in [-0.05, 0) is 25.8 Å². The number of β-amino-alcohol motifs (C(OH)–C–C–N with tert-alkyl or cyclic N) is 1. The molecule has 0 aromatic heterocycles. The summed E-state index contributed by atoms with van der Waals surface area (Å²) in [4.78, 5) is 18.7. The van der Waals surface area contributed by atoms with E-state index in [2.05, 4.69) is 16.8 Å². The van der Waals surface area contributed by atoms with Crippen LogP contribution in [0.2, 0.25) is 0 Å². The summed E-state index contributed by atoms with van der Waals surface area (Å²) >= 11 is 0. The van der Waals surface area contributed by atoms with Crippen LogP contribution in [0.4, 0.5) is 0 Å². The smallest absolute Gasteiger partial charge is 0.222 e. The maximum absolute atomic E-state index is 12.4. The van der Waals surface area contributed by atoms with E-state index in [-0.39, 0.29) is 5.91 Å². The summed E-state index contributed by atoms with van der Waals surface area (Å²) < 4.78 is 0. The van der Waals surface area contributed by atoms with Crippen molar-refractivity contribution < 1.29 is 9.90 Å². The number of likely N-dealkylation sites (N-methyl/N-ethyl adjacent to an activating group) is 2. The van der Waals surface area contributed by atoms with Gasteiger partial charge in [0, 0.05) is 52.7 Å². The Hall–Kier alpha value is -0.650. The van der Waals surface area contributed by atoms with Crippen molar-refractivity contribution in [3.8, 4) is 0 Å². The fourth-order valence-corrected chi connectivity index (χ4v) is 3.77. The lowest BCUT2D eigenvalue weighted by Gasteiger charge is -2.34. The molecule has 2 aliphatic rings. The Labute approximate surface area is 141 Å². The minimum Gasteiger partial charge on any atom is -0.390 e. The molecule has 134 valence electrons. The van der Waals surface area contributed by atoms with Crippen molar-refractivity contribution in [2.24, 2.45) is 5.92 Å². The molecule has 23 heavy (non-hydrogen) atoms. The van der Waals surface area contributed by atoms with Crippen molar-refractivity contribution in [1.29, 1.82) is 0 Å². The highest BCUT2D eigenvalue weighted by Crippen LogP contribution is 2.25. The van der Waals surface area contributed by atoms with Gasteiger partial charge in [0.05, 0.1) is 6.10 Å². The maximum atomic E-state index is 12.4. The number of hydrogen-bond acceptors (Lipinski definition) is 4. The summed E-state index contributed by atoms with van der Waals surface area (Å²) in [6, 6.07) is 0. The molecule has 0 spiro atoms. The van der Waals surface area contributed by atoms with Crippen molar-refractivity contribution in [2.45, 2.75) is 51.0 Å². The molecule has 1 saturated heterocycles. The zero-order valence-electron chi connectivity index (χ0n) is 15.0. The Balaban J connectivity index is 1.67. The van der Waals surface area contributed by atoms with Crippen molar-refractivity contribution in [1.82, 2.24) is 14.7 Å². The lowest BCUT2D eigenvalue weighted by atomic mass is 9.96. The molecule has 2 fully saturated rings. The first kappa shape index (κ1) is 18.7. The number of amides is 1. The van der Waals surface area contributed by atoms with Gasteiger partial charge >= 0.3 is 0 Å². The number of aliphatic hydroxyl groups excluding tert-OH is 1. The van der Waals surface area contributed by atoms with E-state index < -0.39 is 6.10 Å². The van der Waals surface area contributed by atoms with Crippen LogP contribution < -0.4 is 0 Å². The molecule has 2 rings (SSSR count). The number of carbonyl (C=O) groups is 1. The Bertz CT molecular complexity index is 348. The van der Waals surface area contributed by atoms with Crippen LogP contribution in [-0.2, 0) is 4.79 Å². The van der Waals surface area contributed by atoms with Gasteiger partial charge in [0.1, 0.15) is 0 Å². The first-order chi connectivity index (χ1) is 11.0. The third kappa shape index (κ3) is 6.77. The molecule has 0 radical (unpaired) electrons. The second kappa shape index (κ2) is 9.60. The van der Waals surface area contributed by atoms with E-state index in [1.165, 1.54) is 38.5 Å². The number of piperazine rings is 1. The van der Waals surface area contributed by atoms with E-state index in [0.717, 1.165) is 26.2 Å². The monoisotopic (exact) mass is 325 g/mol. The molecule has 1 atom stereocenters. The second-order valence-electron chi connectivity index (χ2n) is 7.59. The van der Waals surface area contributed by atoms with Crippen molar-refractivity contribution in [3.63, 3.8) is 0 Å².